The molecule has 0 spiro atoms. The van der Waals surface area contributed by atoms with Crippen LogP contribution in [0.5, 0.6) is 0 Å². The summed E-state index contributed by atoms with van der Waals surface area (Å²) in [5.41, 5.74) is 4.07. The first-order valence-electron chi connectivity index (χ1n) is 10.2. The first-order valence-corrected chi connectivity index (χ1v) is 10.6. The van der Waals surface area contributed by atoms with Crippen LogP contribution in [0.25, 0.3) is 11.6 Å². The fourth-order valence-electron chi connectivity index (χ4n) is 3.91. The number of nitro groups is 1. The van der Waals surface area contributed by atoms with E-state index in [2.05, 4.69) is 15.6 Å². The number of fused-ring (bicyclic) bond motifs is 1. The van der Waals surface area contributed by atoms with Gasteiger partial charge in [0.05, 0.1) is 27.8 Å². The first kappa shape index (κ1) is 22.3. The summed E-state index contributed by atoms with van der Waals surface area (Å²) in [6, 6.07) is 11.9. The number of hydrogen-bond donors (Lipinski definition) is 3. The van der Waals surface area contributed by atoms with Gasteiger partial charge in [0.1, 0.15) is 0 Å². The largest absolute Gasteiger partial charge is 0.353 e. The standard InChI is InChI=1S/C24H21ClN4O4/c1-12-21(26-14(3)22(12)29(32)33)11-19-18-10-16(6-9-20(18)28-24(19)31)23(30)27-13(2)15-4-7-17(25)8-5-15/h4-11,13,26H,1-3H3,(H,27,30)(H,28,31)/b19-11-/t13-/m1/s1. The Morgan fingerprint density at radius 3 is 2.52 bits per heavy atom. The molecule has 0 aliphatic carbocycles. The van der Waals surface area contributed by atoms with Gasteiger partial charge in [0.2, 0.25) is 0 Å². The van der Waals surface area contributed by atoms with Crippen molar-refractivity contribution in [3.8, 4) is 0 Å². The number of aromatic nitrogens is 1. The SMILES string of the molecule is Cc1[nH]c(/C=C2\C(=O)Nc3ccc(C(=O)N[C@H](C)c4ccc(Cl)cc4)cc32)c(C)c1[N+](=O)[O-]. The van der Waals surface area contributed by atoms with Crippen LogP contribution >= 0.6 is 11.6 Å². The molecule has 2 amide bonds. The van der Waals surface area contributed by atoms with Gasteiger partial charge < -0.3 is 15.6 Å². The highest BCUT2D eigenvalue weighted by atomic mass is 35.5. The molecule has 0 bridgehead atoms. The molecular formula is C24H21ClN4O4. The lowest BCUT2D eigenvalue weighted by Crippen LogP contribution is -2.26. The van der Waals surface area contributed by atoms with E-state index in [9.17, 15) is 19.7 Å². The Hall–Kier alpha value is -3.91. The number of anilines is 1. The molecule has 1 aliphatic heterocycles. The number of hydrogen-bond acceptors (Lipinski definition) is 4. The van der Waals surface area contributed by atoms with E-state index in [-0.39, 0.29) is 23.5 Å². The summed E-state index contributed by atoms with van der Waals surface area (Å²) < 4.78 is 0. The Kier molecular flexibility index (Phi) is 5.78. The predicted molar refractivity (Wildman–Crippen MR) is 127 cm³/mol. The van der Waals surface area contributed by atoms with Crippen molar-refractivity contribution in [3.63, 3.8) is 0 Å². The molecule has 2 aromatic carbocycles. The van der Waals surface area contributed by atoms with E-state index < -0.39 is 4.92 Å². The average molecular weight is 465 g/mol. The number of H-pyrrole nitrogens is 1. The molecule has 0 unspecified atom stereocenters. The monoisotopic (exact) mass is 464 g/mol. The number of carbonyl (C=O) groups is 2. The van der Waals surface area contributed by atoms with Crippen molar-refractivity contribution in [3.05, 3.63) is 91.2 Å². The topological polar surface area (TPSA) is 117 Å². The number of aromatic amines is 1. The third kappa shape index (κ3) is 4.25. The van der Waals surface area contributed by atoms with E-state index in [0.29, 0.717) is 44.4 Å². The minimum absolute atomic E-state index is 0.00945. The van der Waals surface area contributed by atoms with E-state index in [1.165, 1.54) is 0 Å². The van der Waals surface area contributed by atoms with Gasteiger partial charge in [-0.1, -0.05) is 23.7 Å². The van der Waals surface area contributed by atoms with Gasteiger partial charge in [-0.25, -0.2) is 0 Å². The quantitative estimate of drug-likeness (QED) is 0.274. The van der Waals surface area contributed by atoms with Crippen LogP contribution in [0, 0.1) is 24.0 Å². The first-order chi connectivity index (χ1) is 15.7. The third-order valence-corrected chi connectivity index (χ3v) is 5.94. The van der Waals surface area contributed by atoms with E-state index in [0.717, 1.165) is 5.56 Å². The molecule has 4 rings (SSSR count). The van der Waals surface area contributed by atoms with Crippen molar-refractivity contribution < 1.29 is 14.5 Å². The summed E-state index contributed by atoms with van der Waals surface area (Å²) in [4.78, 5) is 39.3. The van der Waals surface area contributed by atoms with Crippen LogP contribution in [-0.4, -0.2) is 21.7 Å². The zero-order valence-electron chi connectivity index (χ0n) is 18.2. The highest BCUT2D eigenvalue weighted by molar-refractivity contribution is 6.35. The second-order valence-electron chi connectivity index (χ2n) is 7.91. The van der Waals surface area contributed by atoms with Crippen molar-refractivity contribution in [2.24, 2.45) is 0 Å². The molecule has 1 aromatic heterocycles. The smallest absolute Gasteiger partial charge is 0.293 e. The Balaban J connectivity index is 1.64. The van der Waals surface area contributed by atoms with Gasteiger partial charge in [0, 0.05) is 27.5 Å². The van der Waals surface area contributed by atoms with Gasteiger partial charge in [-0.2, -0.15) is 0 Å². The Morgan fingerprint density at radius 2 is 1.88 bits per heavy atom. The number of amides is 2. The van der Waals surface area contributed by atoms with Gasteiger partial charge in [-0.3, -0.25) is 19.7 Å². The molecule has 0 radical (unpaired) electrons. The molecule has 9 heteroatoms. The van der Waals surface area contributed by atoms with Gasteiger partial charge >= 0.3 is 0 Å². The molecule has 33 heavy (non-hydrogen) atoms. The van der Waals surface area contributed by atoms with Crippen molar-refractivity contribution >= 4 is 46.4 Å². The van der Waals surface area contributed by atoms with Gasteiger partial charge in [0.15, 0.2) is 0 Å². The number of nitrogens with zero attached hydrogens (tertiary/aromatic N) is 1. The number of rotatable bonds is 5. The Morgan fingerprint density at radius 1 is 1.18 bits per heavy atom. The summed E-state index contributed by atoms with van der Waals surface area (Å²) in [5, 5.41) is 17.6. The maximum absolute atomic E-state index is 12.9. The van der Waals surface area contributed by atoms with Gasteiger partial charge in [-0.05, 0) is 62.7 Å². The molecule has 8 nitrogen and oxygen atoms in total. The van der Waals surface area contributed by atoms with E-state index in [4.69, 9.17) is 11.6 Å². The molecule has 1 aliphatic rings. The lowest BCUT2D eigenvalue weighted by atomic mass is 10.0. The highest BCUT2D eigenvalue weighted by Gasteiger charge is 2.27. The molecule has 2 heterocycles. The number of aryl methyl sites for hydroxylation is 1. The van der Waals surface area contributed by atoms with Crippen molar-refractivity contribution in [1.82, 2.24) is 10.3 Å². The van der Waals surface area contributed by atoms with Crippen molar-refractivity contribution in [2.75, 3.05) is 5.32 Å². The predicted octanol–water partition coefficient (Wildman–Crippen LogP) is 5.18. The molecule has 0 saturated heterocycles. The normalized spacial score (nSPS) is 14.7. The fourth-order valence-corrected chi connectivity index (χ4v) is 4.04. The number of halogens is 1. The maximum Gasteiger partial charge on any atom is 0.293 e. The molecule has 3 aromatic rings. The van der Waals surface area contributed by atoms with Crippen molar-refractivity contribution in [2.45, 2.75) is 26.8 Å². The summed E-state index contributed by atoms with van der Waals surface area (Å²) >= 11 is 5.93. The zero-order valence-corrected chi connectivity index (χ0v) is 18.9. The van der Waals surface area contributed by atoms with Crippen LogP contribution in [0.15, 0.2) is 42.5 Å². The lowest BCUT2D eigenvalue weighted by molar-refractivity contribution is -0.385. The maximum atomic E-state index is 12.9. The minimum atomic E-state index is -0.448. The number of carbonyl (C=O) groups excluding carboxylic acids is 2. The van der Waals surface area contributed by atoms with E-state index in [1.807, 2.05) is 19.1 Å². The fraction of sp³-hybridized carbons (Fsp3) is 0.167. The molecular weight excluding hydrogens is 444 g/mol. The van der Waals surface area contributed by atoms with Crippen LogP contribution in [0.1, 0.15) is 51.4 Å². The molecule has 168 valence electrons. The van der Waals surface area contributed by atoms with Crippen molar-refractivity contribution in [1.29, 1.82) is 0 Å². The highest BCUT2D eigenvalue weighted by Crippen LogP contribution is 2.36. The molecule has 0 saturated carbocycles. The molecule has 0 fully saturated rings. The Labute approximate surface area is 194 Å². The second-order valence-corrected chi connectivity index (χ2v) is 8.35. The van der Waals surface area contributed by atoms with Gasteiger partial charge in [0.25, 0.3) is 17.5 Å². The van der Waals surface area contributed by atoms with Crippen LogP contribution in [-0.2, 0) is 4.79 Å². The third-order valence-electron chi connectivity index (χ3n) is 5.69. The number of benzene rings is 2. The number of nitrogens with one attached hydrogen (secondary N) is 3. The van der Waals surface area contributed by atoms with Crippen LogP contribution in [0.3, 0.4) is 0 Å². The Bertz CT molecular complexity index is 1320. The summed E-state index contributed by atoms with van der Waals surface area (Å²) in [6.45, 7) is 5.11. The van der Waals surface area contributed by atoms with Crippen LogP contribution < -0.4 is 10.6 Å². The lowest BCUT2D eigenvalue weighted by Gasteiger charge is -2.15. The molecule has 3 N–H and O–H groups in total. The average Bonchev–Trinajstić information content (AvgIpc) is 3.23. The van der Waals surface area contributed by atoms with Crippen LogP contribution in [0.4, 0.5) is 11.4 Å². The zero-order chi connectivity index (χ0) is 23.9. The summed E-state index contributed by atoms with van der Waals surface area (Å²) in [5.74, 6) is -0.632. The van der Waals surface area contributed by atoms with Crippen LogP contribution in [0.2, 0.25) is 5.02 Å². The van der Waals surface area contributed by atoms with Gasteiger partial charge in [-0.15, -0.1) is 0 Å². The summed E-state index contributed by atoms with van der Waals surface area (Å²) in [6.07, 6.45) is 1.58. The summed E-state index contributed by atoms with van der Waals surface area (Å²) in [7, 11) is 0. The second kappa shape index (κ2) is 8.55. The van der Waals surface area contributed by atoms with E-state index >= 15 is 0 Å². The van der Waals surface area contributed by atoms with E-state index in [1.54, 1.807) is 50.3 Å². The molecule has 1 atom stereocenters. The minimum Gasteiger partial charge on any atom is -0.353 e.